The van der Waals surface area contributed by atoms with E-state index < -0.39 is 5.91 Å². The number of nitrogens with two attached hydrogens (primary N) is 1. The van der Waals surface area contributed by atoms with Gasteiger partial charge in [-0.25, -0.2) is 4.98 Å². The third kappa shape index (κ3) is 4.47. The SMILES string of the molecule is NC(=O)COc1ccccc1C(=O)Nc1nc(-c2cccc(Br)c2)cs1. The Labute approximate surface area is 162 Å². The van der Waals surface area contributed by atoms with Crippen LogP contribution in [0.25, 0.3) is 11.3 Å². The van der Waals surface area contributed by atoms with Gasteiger partial charge in [0.25, 0.3) is 11.8 Å². The second kappa shape index (κ2) is 8.11. The number of halogens is 1. The van der Waals surface area contributed by atoms with E-state index >= 15 is 0 Å². The molecule has 0 spiro atoms. The fraction of sp³-hybridized carbons (Fsp3) is 0.0556. The Kier molecular flexibility index (Phi) is 5.65. The van der Waals surface area contributed by atoms with Gasteiger partial charge in [0.15, 0.2) is 11.7 Å². The molecule has 0 aliphatic rings. The van der Waals surface area contributed by atoms with Crippen LogP contribution in [0.4, 0.5) is 5.13 Å². The lowest BCUT2D eigenvalue weighted by molar-refractivity contribution is -0.119. The van der Waals surface area contributed by atoms with E-state index in [2.05, 4.69) is 26.2 Å². The summed E-state index contributed by atoms with van der Waals surface area (Å²) >= 11 is 4.75. The molecule has 3 N–H and O–H groups in total. The molecule has 26 heavy (non-hydrogen) atoms. The van der Waals surface area contributed by atoms with Crippen molar-refractivity contribution in [3.63, 3.8) is 0 Å². The third-order valence-electron chi connectivity index (χ3n) is 3.35. The minimum Gasteiger partial charge on any atom is -0.483 e. The Morgan fingerprint density at radius 1 is 1.19 bits per heavy atom. The Bertz CT molecular complexity index is 958. The number of benzene rings is 2. The van der Waals surface area contributed by atoms with Crippen LogP contribution >= 0.6 is 27.3 Å². The van der Waals surface area contributed by atoms with Crippen molar-refractivity contribution in [3.05, 3.63) is 63.9 Å². The van der Waals surface area contributed by atoms with Gasteiger partial charge >= 0.3 is 0 Å². The number of carbonyl (C=O) groups excluding carboxylic acids is 2. The van der Waals surface area contributed by atoms with Gasteiger partial charge < -0.3 is 10.5 Å². The average Bonchev–Trinajstić information content (AvgIpc) is 3.08. The van der Waals surface area contributed by atoms with Crippen LogP contribution in [0.15, 0.2) is 58.4 Å². The lowest BCUT2D eigenvalue weighted by Gasteiger charge is -2.09. The van der Waals surface area contributed by atoms with E-state index in [4.69, 9.17) is 10.5 Å². The molecule has 0 aliphatic heterocycles. The van der Waals surface area contributed by atoms with Crippen LogP contribution in [0, 0.1) is 0 Å². The molecule has 132 valence electrons. The first-order valence-corrected chi connectivity index (χ1v) is 9.23. The standard InChI is InChI=1S/C18H14BrN3O3S/c19-12-5-3-4-11(8-12)14-10-26-18(21-14)22-17(24)13-6-1-2-7-15(13)25-9-16(20)23/h1-8,10H,9H2,(H2,20,23)(H,21,22,24). The van der Waals surface area contributed by atoms with Gasteiger partial charge in [-0.15, -0.1) is 11.3 Å². The molecule has 0 saturated carbocycles. The number of aromatic nitrogens is 1. The summed E-state index contributed by atoms with van der Waals surface area (Å²) in [5.74, 6) is -0.702. The molecule has 2 amide bonds. The van der Waals surface area contributed by atoms with Gasteiger partial charge in [0.05, 0.1) is 11.3 Å². The van der Waals surface area contributed by atoms with E-state index in [0.29, 0.717) is 10.7 Å². The molecule has 0 bridgehead atoms. The number of hydrogen-bond donors (Lipinski definition) is 2. The number of anilines is 1. The molecule has 8 heteroatoms. The molecule has 0 saturated heterocycles. The highest BCUT2D eigenvalue weighted by Crippen LogP contribution is 2.28. The van der Waals surface area contributed by atoms with Crippen molar-refractivity contribution in [2.24, 2.45) is 5.73 Å². The third-order valence-corrected chi connectivity index (χ3v) is 4.60. The number of primary amides is 1. The average molecular weight is 432 g/mol. The van der Waals surface area contributed by atoms with Crippen molar-refractivity contribution < 1.29 is 14.3 Å². The molecule has 6 nitrogen and oxygen atoms in total. The number of para-hydroxylation sites is 1. The fourth-order valence-electron chi connectivity index (χ4n) is 2.20. The number of thiazole rings is 1. The van der Waals surface area contributed by atoms with Crippen LogP contribution in [0.1, 0.15) is 10.4 Å². The molecule has 1 aromatic heterocycles. The van der Waals surface area contributed by atoms with Gasteiger partial charge in [-0.3, -0.25) is 14.9 Å². The van der Waals surface area contributed by atoms with Gasteiger partial charge in [-0.2, -0.15) is 0 Å². The zero-order valence-electron chi connectivity index (χ0n) is 13.4. The number of rotatable bonds is 6. The molecule has 0 fully saturated rings. The van der Waals surface area contributed by atoms with Crippen molar-refractivity contribution in [1.82, 2.24) is 4.98 Å². The van der Waals surface area contributed by atoms with E-state index in [1.807, 2.05) is 29.6 Å². The number of nitrogens with one attached hydrogen (secondary N) is 1. The number of carbonyl (C=O) groups is 2. The predicted octanol–water partition coefficient (Wildman–Crippen LogP) is 3.69. The number of hydrogen-bond acceptors (Lipinski definition) is 5. The fourth-order valence-corrected chi connectivity index (χ4v) is 3.32. The largest absolute Gasteiger partial charge is 0.483 e. The first-order chi connectivity index (χ1) is 12.5. The smallest absolute Gasteiger partial charge is 0.261 e. The Balaban J connectivity index is 1.76. The van der Waals surface area contributed by atoms with Gasteiger partial charge in [0.2, 0.25) is 0 Å². The summed E-state index contributed by atoms with van der Waals surface area (Å²) < 4.78 is 6.24. The van der Waals surface area contributed by atoms with Crippen LogP contribution in [0.2, 0.25) is 0 Å². The lowest BCUT2D eigenvalue weighted by Crippen LogP contribution is -2.21. The maximum atomic E-state index is 12.5. The molecule has 1 heterocycles. The van der Waals surface area contributed by atoms with Gasteiger partial charge in [-0.05, 0) is 24.3 Å². The number of nitrogens with zero attached hydrogens (tertiary/aromatic N) is 1. The van der Waals surface area contributed by atoms with E-state index in [1.54, 1.807) is 24.3 Å². The van der Waals surface area contributed by atoms with Crippen molar-refractivity contribution in [2.45, 2.75) is 0 Å². The number of ether oxygens (including phenoxy) is 1. The zero-order valence-corrected chi connectivity index (χ0v) is 15.8. The first kappa shape index (κ1) is 18.1. The van der Waals surface area contributed by atoms with E-state index in [0.717, 1.165) is 15.7 Å². The topological polar surface area (TPSA) is 94.3 Å². The summed E-state index contributed by atoms with van der Waals surface area (Å²) in [5, 5.41) is 5.09. The number of amides is 2. The highest BCUT2D eigenvalue weighted by Gasteiger charge is 2.15. The Hall–Kier alpha value is -2.71. The molecular formula is C18H14BrN3O3S. The zero-order chi connectivity index (χ0) is 18.5. The minimum absolute atomic E-state index is 0.285. The summed E-state index contributed by atoms with van der Waals surface area (Å²) in [6, 6.07) is 14.4. The molecule has 0 unspecified atom stereocenters. The maximum absolute atomic E-state index is 12.5. The van der Waals surface area contributed by atoms with Crippen LogP contribution in [0.5, 0.6) is 5.75 Å². The monoisotopic (exact) mass is 431 g/mol. The van der Waals surface area contributed by atoms with Gasteiger partial charge in [0.1, 0.15) is 5.75 Å². The van der Waals surface area contributed by atoms with Crippen LogP contribution in [-0.4, -0.2) is 23.4 Å². The van der Waals surface area contributed by atoms with E-state index in [-0.39, 0.29) is 18.3 Å². The predicted molar refractivity (Wildman–Crippen MR) is 104 cm³/mol. The second-order valence-electron chi connectivity index (χ2n) is 5.25. The van der Waals surface area contributed by atoms with Gasteiger partial charge in [0, 0.05) is 15.4 Å². The maximum Gasteiger partial charge on any atom is 0.261 e. The summed E-state index contributed by atoms with van der Waals surface area (Å²) in [7, 11) is 0. The molecule has 2 aromatic carbocycles. The summed E-state index contributed by atoms with van der Waals surface area (Å²) in [4.78, 5) is 27.9. The molecule has 0 radical (unpaired) electrons. The molecule has 3 aromatic rings. The quantitative estimate of drug-likeness (QED) is 0.621. The Morgan fingerprint density at radius 3 is 2.77 bits per heavy atom. The lowest BCUT2D eigenvalue weighted by atomic mass is 10.2. The van der Waals surface area contributed by atoms with Crippen molar-refractivity contribution in [2.75, 3.05) is 11.9 Å². The van der Waals surface area contributed by atoms with E-state index in [9.17, 15) is 9.59 Å². The van der Waals surface area contributed by atoms with Crippen molar-refractivity contribution in [1.29, 1.82) is 0 Å². The normalized spacial score (nSPS) is 10.3. The van der Waals surface area contributed by atoms with Crippen molar-refractivity contribution >= 4 is 44.2 Å². The van der Waals surface area contributed by atoms with Crippen LogP contribution in [0.3, 0.4) is 0 Å². The summed E-state index contributed by atoms with van der Waals surface area (Å²) in [6.07, 6.45) is 0. The van der Waals surface area contributed by atoms with Crippen LogP contribution < -0.4 is 15.8 Å². The molecular weight excluding hydrogens is 418 g/mol. The second-order valence-corrected chi connectivity index (χ2v) is 7.03. The van der Waals surface area contributed by atoms with E-state index in [1.165, 1.54) is 11.3 Å². The highest BCUT2D eigenvalue weighted by molar-refractivity contribution is 9.10. The highest BCUT2D eigenvalue weighted by atomic mass is 79.9. The van der Waals surface area contributed by atoms with Gasteiger partial charge in [-0.1, -0.05) is 40.2 Å². The molecule has 0 atom stereocenters. The van der Waals surface area contributed by atoms with Crippen LogP contribution in [-0.2, 0) is 4.79 Å². The first-order valence-electron chi connectivity index (χ1n) is 7.56. The molecule has 3 rings (SSSR count). The van der Waals surface area contributed by atoms with Crippen molar-refractivity contribution in [3.8, 4) is 17.0 Å². The molecule has 0 aliphatic carbocycles. The minimum atomic E-state index is -0.612. The Morgan fingerprint density at radius 2 is 2.00 bits per heavy atom. The summed E-state index contributed by atoms with van der Waals surface area (Å²) in [5.41, 5.74) is 7.10. The summed E-state index contributed by atoms with van der Waals surface area (Å²) in [6.45, 7) is -0.297.